The molecule has 2 aliphatic carbocycles. The highest BCUT2D eigenvalue weighted by molar-refractivity contribution is 7.86. The number of Topliss-reactive ketones (excluding diaryl/α,β-unsaturated/α-hetero) is 1. The van der Waals surface area contributed by atoms with Gasteiger partial charge in [0.05, 0.1) is 0 Å². The fourth-order valence-electron chi connectivity index (χ4n) is 2.65. The fourth-order valence-corrected chi connectivity index (χ4v) is 4.85. The van der Waals surface area contributed by atoms with Crippen LogP contribution in [0.5, 0.6) is 0 Å². The van der Waals surface area contributed by atoms with Gasteiger partial charge >= 0.3 is 0 Å². The largest absolute Gasteiger partial charge is 0.299 e. The molecule has 3 unspecified atom stereocenters. The lowest BCUT2D eigenvalue weighted by atomic mass is 10.1. The van der Waals surface area contributed by atoms with Gasteiger partial charge in [0.25, 0.3) is 0 Å². The number of hydrogen-bond donors (Lipinski definition) is 0. The van der Waals surface area contributed by atoms with E-state index >= 15 is 0 Å². The molecule has 0 amide bonds. The van der Waals surface area contributed by atoms with Crippen LogP contribution in [0.1, 0.15) is 45.4 Å². The van der Waals surface area contributed by atoms with E-state index in [2.05, 4.69) is 0 Å². The second-order valence-electron chi connectivity index (χ2n) is 4.57. The molecule has 0 N–H and O–H groups in total. The number of carbonyl (C=O) groups excluding carboxylic acids is 1. The lowest BCUT2D eigenvalue weighted by Gasteiger charge is -2.18. The summed E-state index contributed by atoms with van der Waals surface area (Å²) in [5.41, 5.74) is 0. The molecule has 0 aliphatic heterocycles. The van der Waals surface area contributed by atoms with Gasteiger partial charge in [-0.05, 0) is 19.3 Å². The van der Waals surface area contributed by atoms with E-state index in [1.807, 2.05) is 6.92 Å². The summed E-state index contributed by atoms with van der Waals surface area (Å²) in [6.45, 7) is 1.95. The third kappa shape index (κ3) is 1.79. The van der Waals surface area contributed by atoms with Crippen molar-refractivity contribution in [3.8, 4) is 0 Å². The van der Waals surface area contributed by atoms with Gasteiger partial charge in [0.2, 0.25) is 0 Å². The van der Waals surface area contributed by atoms with Crippen LogP contribution < -0.4 is 0 Å². The summed E-state index contributed by atoms with van der Waals surface area (Å²) in [4.78, 5) is 11.4. The molecule has 0 spiro atoms. The highest BCUT2D eigenvalue weighted by atomic mass is 32.2. The minimum atomic E-state index is -0.742. The molecule has 2 fully saturated rings. The molecule has 0 heterocycles. The molecule has 0 radical (unpaired) electrons. The summed E-state index contributed by atoms with van der Waals surface area (Å²) < 4.78 is 12.2. The standard InChI is InChI=1S/C11H18O2S/c1-8-10(12)6-7-11(8)14(13)9-4-2-3-5-9/h8-9,11H,2-7H2,1H3. The van der Waals surface area contributed by atoms with Gasteiger partial charge in [-0.15, -0.1) is 0 Å². The van der Waals surface area contributed by atoms with E-state index < -0.39 is 10.8 Å². The molecule has 80 valence electrons. The Balaban J connectivity index is 2.00. The lowest BCUT2D eigenvalue weighted by Crippen LogP contribution is -2.27. The van der Waals surface area contributed by atoms with Crippen LogP contribution >= 0.6 is 0 Å². The minimum Gasteiger partial charge on any atom is -0.299 e. The van der Waals surface area contributed by atoms with Crippen molar-refractivity contribution in [3.05, 3.63) is 0 Å². The summed E-state index contributed by atoms with van der Waals surface area (Å²) in [6.07, 6.45) is 6.21. The first-order chi connectivity index (χ1) is 6.70. The molecule has 2 rings (SSSR count). The van der Waals surface area contributed by atoms with Crippen LogP contribution in [0.3, 0.4) is 0 Å². The Morgan fingerprint density at radius 3 is 2.36 bits per heavy atom. The Bertz CT molecular complexity index is 256. The highest BCUT2D eigenvalue weighted by Gasteiger charge is 2.38. The number of carbonyl (C=O) groups is 1. The Morgan fingerprint density at radius 2 is 1.86 bits per heavy atom. The predicted molar refractivity (Wildman–Crippen MR) is 57.6 cm³/mol. The van der Waals surface area contributed by atoms with Crippen molar-refractivity contribution < 1.29 is 9.00 Å². The van der Waals surface area contributed by atoms with Gasteiger partial charge in [-0.2, -0.15) is 0 Å². The molecule has 0 saturated heterocycles. The van der Waals surface area contributed by atoms with E-state index in [0.29, 0.717) is 17.5 Å². The third-order valence-electron chi connectivity index (χ3n) is 3.67. The number of rotatable bonds is 2. The SMILES string of the molecule is CC1C(=O)CCC1S(=O)C1CCCC1. The molecule has 3 heteroatoms. The van der Waals surface area contributed by atoms with Gasteiger partial charge in [-0.25, -0.2) is 0 Å². The molecule has 0 aromatic carbocycles. The van der Waals surface area contributed by atoms with Gasteiger partial charge in [0.1, 0.15) is 5.78 Å². The molecule has 2 saturated carbocycles. The van der Waals surface area contributed by atoms with Crippen LogP contribution in [0.25, 0.3) is 0 Å². The average Bonchev–Trinajstić information content (AvgIpc) is 2.77. The van der Waals surface area contributed by atoms with E-state index in [-0.39, 0.29) is 11.2 Å². The fraction of sp³-hybridized carbons (Fsp3) is 0.909. The van der Waals surface area contributed by atoms with Crippen LogP contribution in [0.4, 0.5) is 0 Å². The monoisotopic (exact) mass is 214 g/mol. The van der Waals surface area contributed by atoms with Gasteiger partial charge < -0.3 is 0 Å². The van der Waals surface area contributed by atoms with Crippen LogP contribution in [0, 0.1) is 5.92 Å². The van der Waals surface area contributed by atoms with Crippen molar-refractivity contribution in [3.63, 3.8) is 0 Å². The summed E-state index contributed by atoms with van der Waals surface area (Å²) in [6, 6.07) is 0. The summed E-state index contributed by atoms with van der Waals surface area (Å²) in [7, 11) is -0.742. The van der Waals surface area contributed by atoms with Crippen molar-refractivity contribution in [2.75, 3.05) is 0 Å². The topological polar surface area (TPSA) is 34.1 Å². The van der Waals surface area contributed by atoms with Crippen LogP contribution in [-0.4, -0.2) is 20.5 Å². The minimum absolute atomic E-state index is 0.0523. The smallest absolute Gasteiger partial charge is 0.136 e. The van der Waals surface area contributed by atoms with Gasteiger partial charge in [-0.1, -0.05) is 19.8 Å². The summed E-state index contributed by atoms with van der Waals surface area (Å²) in [5, 5.41) is 0.568. The zero-order valence-electron chi connectivity index (χ0n) is 8.70. The average molecular weight is 214 g/mol. The van der Waals surface area contributed by atoms with E-state index in [4.69, 9.17) is 0 Å². The van der Waals surface area contributed by atoms with Crippen LogP contribution in [0.15, 0.2) is 0 Å². The van der Waals surface area contributed by atoms with Gasteiger partial charge in [0, 0.05) is 33.6 Å². The molecule has 3 atom stereocenters. The first-order valence-corrected chi connectivity index (χ1v) is 6.90. The Morgan fingerprint density at radius 1 is 1.21 bits per heavy atom. The molecule has 0 aromatic heterocycles. The molecule has 0 bridgehead atoms. The first-order valence-electron chi connectivity index (χ1n) is 5.62. The molecule has 2 nitrogen and oxygen atoms in total. The molecule has 2 aliphatic rings. The normalized spacial score (nSPS) is 36.5. The molecular formula is C11H18O2S. The molecule has 0 aromatic rings. The Labute approximate surface area is 87.9 Å². The van der Waals surface area contributed by atoms with Crippen LogP contribution in [0.2, 0.25) is 0 Å². The van der Waals surface area contributed by atoms with Crippen molar-refractivity contribution in [2.24, 2.45) is 5.92 Å². The van der Waals surface area contributed by atoms with E-state index in [9.17, 15) is 9.00 Å². The lowest BCUT2D eigenvalue weighted by molar-refractivity contribution is -0.120. The van der Waals surface area contributed by atoms with Crippen LogP contribution in [-0.2, 0) is 15.6 Å². The maximum atomic E-state index is 12.2. The van der Waals surface area contributed by atoms with Crippen molar-refractivity contribution in [2.45, 2.75) is 55.9 Å². The number of ketones is 1. The summed E-state index contributed by atoms with van der Waals surface area (Å²) >= 11 is 0. The Hall–Kier alpha value is -0.180. The quantitative estimate of drug-likeness (QED) is 0.705. The highest BCUT2D eigenvalue weighted by Crippen LogP contribution is 2.32. The van der Waals surface area contributed by atoms with Crippen molar-refractivity contribution >= 4 is 16.6 Å². The van der Waals surface area contributed by atoms with Crippen molar-refractivity contribution in [1.29, 1.82) is 0 Å². The first kappa shape index (κ1) is 10.3. The van der Waals surface area contributed by atoms with Gasteiger partial charge in [-0.3, -0.25) is 9.00 Å². The maximum Gasteiger partial charge on any atom is 0.136 e. The second-order valence-corrected chi connectivity index (χ2v) is 6.50. The van der Waals surface area contributed by atoms with E-state index in [1.165, 1.54) is 12.8 Å². The van der Waals surface area contributed by atoms with Gasteiger partial charge in [0.15, 0.2) is 0 Å². The number of hydrogen-bond acceptors (Lipinski definition) is 2. The zero-order chi connectivity index (χ0) is 10.1. The molecular weight excluding hydrogens is 196 g/mol. The molecule has 14 heavy (non-hydrogen) atoms. The summed E-state index contributed by atoms with van der Waals surface area (Å²) in [5.74, 6) is 0.373. The predicted octanol–water partition coefficient (Wildman–Crippen LogP) is 2.05. The van der Waals surface area contributed by atoms with Crippen molar-refractivity contribution in [1.82, 2.24) is 0 Å². The second kappa shape index (κ2) is 4.13. The van der Waals surface area contributed by atoms with E-state index in [1.54, 1.807) is 0 Å². The zero-order valence-corrected chi connectivity index (χ0v) is 9.52. The maximum absolute atomic E-state index is 12.2. The van der Waals surface area contributed by atoms with E-state index in [0.717, 1.165) is 19.3 Å². The Kier molecular flexibility index (Phi) is 3.05. The third-order valence-corrected chi connectivity index (χ3v) is 6.04.